The second kappa shape index (κ2) is 5.58. The second-order valence-corrected chi connectivity index (χ2v) is 6.01. The number of benzene rings is 1. The maximum atomic E-state index is 12.2. The third-order valence-electron chi connectivity index (χ3n) is 2.88. The van der Waals surface area contributed by atoms with Gasteiger partial charge in [-0.3, -0.25) is 4.79 Å². The van der Waals surface area contributed by atoms with Crippen molar-refractivity contribution in [2.75, 3.05) is 12.3 Å². The molecule has 0 radical (unpaired) electrons. The molecule has 0 saturated carbocycles. The SMILES string of the molecule is CC(C)CC(=O)N1CCS[C@H]1c1ccccc1. The summed E-state index contributed by atoms with van der Waals surface area (Å²) in [5.41, 5.74) is 1.24. The molecule has 1 saturated heterocycles. The van der Waals surface area contributed by atoms with Crippen molar-refractivity contribution in [1.82, 2.24) is 4.90 Å². The van der Waals surface area contributed by atoms with Gasteiger partial charge in [-0.25, -0.2) is 0 Å². The predicted molar refractivity (Wildman–Crippen MR) is 72.8 cm³/mol. The number of amides is 1. The fraction of sp³-hybridized carbons (Fsp3) is 0.500. The molecule has 1 atom stereocenters. The topological polar surface area (TPSA) is 20.3 Å². The average molecular weight is 249 g/mol. The number of nitrogens with zero attached hydrogens (tertiary/aromatic N) is 1. The largest absolute Gasteiger partial charge is 0.326 e. The van der Waals surface area contributed by atoms with Crippen LogP contribution in [0.2, 0.25) is 0 Å². The van der Waals surface area contributed by atoms with Gasteiger partial charge in [-0.15, -0.1) is 11.8 Å². The van der Waals surface area contributed by atoms with Crippen molar-refractivity contribution in [3.8, 4) is 0 Å². The lowest BCUT2D eigenvalue weighted by atomic mass is 10.1. The summed E-state index contributed by atoms with van der Waals surface area (Å²) in [5, 5.41) is 0.224. The van der Waals surface area contributed by atoms with Crippen molar-refractivity contribution in [2.45, 2.75) is 25.6 Å². The predicted octanol–water partition coefficient (Wildman–Crippen LogP) is 3.31. The van der Waals surface area contributed by atoms with Crippen LogP contribution in [0.4, 0.5) is 0 Å². The molecule has 0 bridgehead atoms. The average Bonchev–Trinajstić information content (AvgIpc) is 2.78. The lowest BCUT2D eigenvalue weighted by Gasteiger charge is -2.24. The zero-order valence-electron chi connectivity index (χ0n) is 10.4. The molecule has 0 unspecified atom stereocenters. The number of rotatable bonds is 3. The Morgan fingerprint density at radius 1 is 1.41 bits per heavy atom. The Balaban J connectivity index is 2.10. The monoisotopic (exact) mass is 249 g/mol. The third-order valence-corrected chi connectivity index (χ3v) is 4.14. The number of thioether (sulfide) groups is 1. The van der Waals surface area contributed by atoms with Crippen molar-refractivity contribution in [1.29, 1.82) is 0 Å². The lowest BCUT2D eigenvalue weighted by Crippen LogP contribution is -2.31. The van der Waals surface area contributed by atoms with Gasteiger partial charge in [0.15, 0.2) is 0 Å². The molecule has 2 nitrogen and oxygen atoms in total. The van der Waals surface area contributed by atoms with E-state index in [9.17, 15) is 4.79 Å². The van der Waals surface area contributed by atoms with Crippen LogP contribution in [0, 0.1) is 5.92 Å². The summed E-state index contributed by atoms with van der Waals surface area (Å²) in [6.07, 6.45) is 0.657. The molecule has 0 N–H and O–H groups in total. The fourth-order valence-corrected chi connectivity index (χ4v) is 3.36. The maximum Gasteiger partial charge on any atom is 0.224 e. The number of carbonyl (C=O) groups is 1. The van der Waals surface area contributed by atoms with E-state index in [1.54, 1.807) is 0 Å². The Kier molecular flexibility index (Phi) is 4.11. The molecule has 1 aliphatic rings. The lowest BCUT2D eigenvalue weighted by molar-refractivity contribution is -0.132. The fourth-order valence-electron chi connectivity index (χ4n) is 2.09. The van der Waals surface area contributed by atoms with E-state index in [0.29, 0.717) is 18.2 Å². The minimum Gasteiger partial charge on any atom is -0.326 e. The number of carbonyl (C=O) groups excluding carboxylic acids is 1. The van der Waals surface area contributed by atoms with Crippen molar-refractivity contribution >= 4 is 17.7 Å². The van der Waals surface area contributed by atoms with Gasteiger partial charge in [-0.2, -0.15) is 0 Å². The second-order valence-electron chi connectivity index (χ2n) is 4.82. The highest BCUT2D eigenvalue weighted by molar-refractivity contribution is 7.99. The molecule has 3 heteroatoms. The molecule has 1 amide bonds. The minimum absolute atomic E-state index is 0.224. The first-order valence-electron chi connectivity index (χ1n) is 6.14. The van der Waals surface area contributed by atoms with Gasteiger partial charge in [0.2, 0.25) is 5.91 Å². The summed E-state index contributed by atoms with van der Waals surface area (Å²) in [6, 6.07) is 10.3. The highest BCUT2D eigenvalue weighted by atomic mass is 32.2. The minimum atomic E-state index is 0.224. The van der Waals surface area contributed by atoms with E-state index in [2.05, 4.69) is 26.0 Å². The number of hydrogen-bond donors (Lipinski definition) is 0. The summed E-state index contributed by atoms with van der Waals surface area (Å²) < 4.78 is 0. The standard InChI is InChI=1S/C14H19NOS/c1-11(2)10-13(16)15-8-9-17-14(15)12-6-4-3-5-7-12/h3-7,11,14H,8-10H2,1-2H3/t14-/m0/s1. The van der Waals surface area contributed by atoms with Crippen LogP contribution >= 0.6 is 11.8 Å². The van der Waals surface area contributed by atoms with Gasteiger partial charge in [0.1, 0.15) is 5.37 Å². The van der Waals surface area contributed by atoms with E-state index >= 15 is 0 Å². The van der Waals surface area contributed by atoms with Crippen molar-refractivity contribution in [2.24, 2.45) is 5.92 Å². The normalized spacial score (nSPS) is 19.9. The van der Waals surface area contributed by atoms with E-state index in [4.69, 9.17) is 0 Å². The Morgan fingerprint density at radius 2 is 2.12 bits per heavy atom. The molecule has 1 heterocycles. The molecule has 0 aliphatic carbocycles. The molecule has 1 aliphatic heterocycles. The first-order valence-corrected chi connectivity index (χ1v) is 7.19. The van der Waals surface area contributed by atoms with Crippen molar-refractivity contribution in [3.05, 3.63) is 35.9 Å². The summed E-state index contributed by atoms with van der Waals surface area (Å²) in [4.78, 5) is 14.2. The van der Waals surface area contributed by atoms with Crippen molar-refractivity contribution < 1.29 is 4.79 Å². The molecule has 0 spiro atoms. The third kappa shape index (κ3) is 3.03. The van der Waals surface area contributed by atoms with Crippen LogP contribution in [-0.4, -0.2) is 23.1 Å². The molecule has 1 aromatic carbocycles. The Hall–Kier alpha value is -0.960. The van der Waals surface area contributed by atoms with Crippen molar-refractivity contribution in [3.63, 3.8) is 0 Å². The quantitative estimate of drug-likeness (QED) is 0.819. The van der Waals surface area contributed by atoms with Gasteiger partial charge in [0, 0.05) is 18.7 Å². The maximum absolute atomic E-state index is 12.2. The van der Waals surface area contributed by atoms with Crippen LogP contribution in [-0.2, 0) is 4.79 Å². The Morgan fingerprint density at radius 3 is 2.76 bits per heavy atom. The highest BCUT2D eigenvalue weighted by Gasteiger charge is 2.30. The zero-order valence-corrected chi connectivity index (χ0v) is 11.2. The zero-order chi connectivity index (χ0) is 12.3. The molecule has 1 fully saturated rings. The molecular formula is C14H19NOS. The van der Waals surface area contributed by atoms with Crippen LogP contribution < -0.4 is 0 Å². The van der Waals surface area contributed by atoms with Crippen LogP contribution in [0.5, 0.6) is 0 Å². The van der Waals surface area contributed by atoms with E-state index in [1.165, 1.54) is 5.56 Å². The van der Waals surface area contributed by atoms with E-state index < -0.39 is 0 Å². The molecule has 17 heavy (non-hydrogen) atoms. The van der Waals surface area contributed by atoms with Gasteiger partial charge in [-0.05, 0) is 11.5 Å². The summed E-state index contributed by atoms with van der Waals surface area (Å²) in [5.74, 6) is 1.77. The first-order chi connectivity index (χ1) is 8.18. The molecule has 1 aromatic rings. The highest BCUT2D eigenvalue weighted by Crippen LogP contribution is 2.38. The van der Waals surface area contributed by atoms with E-state index in [0.717, 1.165) is 12.3 Å². The van der Waals surface area contributed by atoms with E-state index in [1.807, 2.05) is 34.9 Å². The van der Waals surface area contributed by atoms with Crippen LogP contribution in [0.1, 0.15) is 31.2 Å². The van der Waals surface area contributed by atoms with Crippen LogP contribution in [0.25, 0.3) is 0 Å². The molecule has 0 aromatic heterocycles. The Labute approximate surface area is 107 Å². The smallest absolute Gasteiger partial charge is 0.224 e. The Bertz CT molecular complexity index is 377. The van der Waals surface area contributed by atoms with Gasteiger partial charge in [0.05, 0.1) is 0 Å². The molecular weight excluding hydrogens is 230 g/mol. The summed E-state index contributed by atoms with van der Waals surface area (Å²) in [6.45, 7) is 5.08. The van der Waals surface area contributed by atoms with Gasteiger partial charge < -0.3 is 4.90 Å². The summed E-state index contributed by atoms with van der Waals surface area (Å²) >= 11 is 1.86. The summed E-state index contributed by atoms with van der Waals surface area (Å²) in [7, 11) is 0. The molecule has 92 valence electrons. The van der Waals surface area contributed by atoms with Gasteiger partial charge >= 0.3 is 0 Å². The molecule has 2 rings (SSSR count). The van der Waals surface area contributed by atoms with Gasteiger partial charge in [-0.1, -0.05) is 44.2 Å². The van der Waals surface area contributed by atoms with Gasteiger partial charge in [0.25, 0.3) is 0 Å². The van der Waals surface area contributed by atoms with E-state index in [-0.39, 0.29) is 5.37 Å². The van der Waals surface area contributed by atoms with Crippen LogP contribution in [0.3, 0.4) is 0 Å². The van der Waals surface area contributed by atoms with Crippen LogP contribution in [0.15, 0.2) is 30.3 Å². The number of hydrogen-bond acceptors (Lipinski definition) is 2. The first kappa shape index (κ1) is 12.5.